The molecule has 0 spiro atoms. The number of aromatic nitrogens is 1. The first kappa shape index (κ1) is 12.0. The lowest BCUT2D eigenvalue weighted by molar-refractivity contribution is -0.127. The van der Waals surface area contributed by atoms with Crippen molar-refractivity contribution < 1.29 is 9.53 Å². The third-order valence-electron chi connectivity index (χ3n) is 3.43. The molecule has 2 heterocycles. The molecule has 1 saturated heterocycles. The van der Waals surface area contributed by atoms with Crippen LogP contribution in [0.15, 0.2) is 18.3 Å². The number of nitrogen functional groups attached to an aromatic ring is 1. The average molecular weight is 235 g/mol. The molecule has 1 aliphatic rings. The quantitative estimate of drug-likeness (QED) is 0.777. The molecule has 1 aliphatic heterocycles. The highest BCUT2D eigenvalue weighted by Gasteiger charge is 2.43. The Balaban J connectivity index is 2.15. The van der Waals surface area contributed by atoms with Crippen LogP contribution in [0, 0.1) is 5.41 Å². The van der Waals surface area contributed by atoms with Crippen LogP contribution >= 0.6 is 0 Å². The number of hydrogen-bond acceptors (Lipinski definition) is 5. The van der Waals surface area contributed by atoms with Crippen molar-refractivity contribution in [1.82, 2.24) is 4.98 Å². The summed E-state index contributed by atoms with van der Waals surface area (Å²) in [7, 11) is 0. The van der Waals surface area contributed by atoms with Gasteiger partial charge in [-0.2, -0.15) is 0 Å². The first-order valence-electron chi connectivity index (χ1n) is 5.60. The van der Waals surface area contributed by atoms with Gasteiger partial charge in [0.15, 0.2) is 0 Å². The predicted molar refractivity (Wildman–Crippen MR) is 64.3 cm³/mol. The molecule has 4 N–H and O–H groups in total. The zero-order valence-corrected chi connectivity index (χ0v) is 9.85. The molecule has 0 radical (unpaired) electrons. The summed E-state index contributed by atoms with van der Waals surface area (Å²) >= 11 is 0. The van der Waals surface area contributed by atoms with Gasteiger partial charge in [0.2, 0.25) is 0 Å². The minimum atomic E-state index is -0.609. The molecule has 2 rings (SSSR count). The number of rotatable bonds is 3. The zero-order valence-electron chi connectivity index (χ0n) is 9.85. The van der Waals surface area contributed by atoms with Crippen LogP contribution in [0.4, 0.5) is 5.82 Å². The maximum atomic E-state index is 12.3. The van der Waals surface area contributed by atoms with Crippen molar-refractivity contribution in [2.24, 2.45) is 11.1 Å². The van der Waals surface area contributed by atoms with Crippen LogP contribution in [-0.2, 0) is 16.0 Å². The third-order valence-corrected chi connectivity index (χ3v) is 3.43. The Morgan fingerprint density at radius 3 is 3.06 bits per heavy atom. The van der Waals surface area contributed by atoms with E-state index in [1.165, 1.54) is 0 Å². The van der Waals surface area contributed by atoms with E-state index in [0.717, 1.165) is 5.56 Å². The number of pyridine rings is 1. The molecule has 1 fully saturated rings. The molecule has 5 nitrogen and oxygen atoms in total. The SMILES string of the molecule is CC1(C(=O)Cc2cccnc2N)COCC1N. The first-order valence-corrected chi connectivity index (χ1v) is 5.60. The summed E-state index contributed by atoms with van der Waals surface area (Å²) in [5.74, 6) is 0.458. The van der Waals surface area contributed by atoms with E-state index in [1.54, 1.807) is 12.3 Å². The van der Waals surface area contributed by atoms with Gasteiger partial charge in [-0.1, -0.05) is 6.07 Å². The van der Waals surface area contributed by atoms with E-state index in [1.807, 2.05) is 13.0 Å². The lowest BCUT2D eigenvalue weighted by Gasteiger charge is -2.25. The van der Waals surface area contributed by atoms with Crippen LogP contribution in [0.2, 0.25) is 0 Å². The van der Waals surface area contributed by atoms with Gasteiger partial charge in [0.1, 0.15) is 11.6 Å². The molecule has 2 unspecified atom stereocenters. The van der Waals surface area contributed by atoms with Crippen molar-refractivity contribution in [3.8, 4) is 0 Å². The highest BCUT2D eigenvalue weighted by molar-refractivity contribution is 5.88. The van der Waals surface area contributed by atoms with Crippen molar-refractivity contribution in [3.05, 3.63) is 23.9 Å². The number of anilines is 1. The molecule has 5 heteroatoms. The Labute approximate surface area is 100 Å². The third kappa shape index (κ3) is 2.16. The number of Topliss-reactive ketones (excluding diaryl/α,β-unsaturated/α-hetero) is 1. The van der Waals surface area contributed by atoms with E-state index in [4.69, 9.17) is 16.2 Å². The minimum Gasteiger partial charge on any atom is -0.383 e. The van der Waals surface area contributed by atoms with Gasteiger partial charge in [0.25, 0.3) is 0 Å². The summed E-state index contributed by atoms with van der Waals surface area (Å²) in [4.78, 5) is 16.2. The summed E-state index contributed by atoms with van der Waals surface area (Å²) in [5, 5.41) is 0. The van der Waals surface area contributed by atoms with Gasteiger partial charge in [-0.15, -0.1) is 0 Å². The van der Waals surface area contributed by atoms with Crippen molar-refractivity contribution in [1.29, 1.82) is 0 Å². The first-order chi connectivity index (χ1) is 8.04. The molecule has 0 aromatic carbocycles. The maximum absolute atomic E-state index is 12.3. The molecule has 1 aromatic rings. The van der Waals surface area contributed by atoms with Crippen LogP contribution < -0.4 is 11.5 Å². The van der Waals surface area contributed by atoms with Gasteiger partial charge in [0, 0.05) is 24.2 Å². The summed E-state index contributed by atoms with van der Waals surface area (Å²) in [6, 6.07) is 3.34. The molecule has 2 atom stereocenters. The van der Waals surface area contributed by atoms with Gasteiger partial charge in [-0.3, -0.25) is 4.79 Å². The number of nitrogens with two attached hydrogens (primary N) is 2. The van der Waals surface area contributed by atoms with Crippen molar-refractivity contribution in [2.45, 2.75) is 19.4 Å². The van der Waals surface area contributed by atoms with E-state index < -0.39 is 5.41 Å². The summed E-state index contributed by atoms with van der Waals surface area (Å²) in [5.41, 5.74) is 11.8. The van der Waals surface area contributed by atoms with E-state index in [2.05, 4.69) is 4.98 Å². The average Bonchev–Trinajstić information content (AvgIpc) is 2.64. The van der Waals surface area contributed by atoms with Crippen molar-refractivity contribution >= 4 is 11.6 Å². The highest BCUT2D eigenvalue weighted by atomic mass is 16.5. The van der Waals surface area contributed by atoms with Crippen LogP contribution in [0.3, 0.4) is 0 Å². The van der Waals surface area contributed by atoms with E-state index >= 15 is 0 Å². The van der Waals surface area contributed by atoms with Gasteiger partial charge in [-0.25, -0.2) is 4.98 Å². The zero-order chi connectivity index (χ0) is 12.5. The second kappa shape index (κ2) is 4.43. The second-order valence-electron chi connectivity index (χ2n) is 4.69. The maximum Gasteiger partial charge on any atom is 0.147 e. The standard InChI is InChI=1S/C12H17N3O2/c1-12(7-17-6-9(12)13)10(16)5-8-3-2-4-15-11(8)14/h2-4,9H,5-7,13H2,1H3,(H2,14,15). The number of nitrogens with zero attached hydrogens (tertiary/aromatic N) is 1. The van der Waals surface area contributed by atoms with E-state index in [-0.39, 0.29) is 18.2 Å². The van der Waals surface area contributed by atoms with Crippen molar-refractivity contribution in [2.75, 3.05) is 18.9 Å². The van der Waals surface area contributed by atoms with Crippen LogP contribution in [0.1, 0.15) is 12.5 Å². The highest BCUT2D eigenvalue weighted by Crippen LogP contribution is 2.29. The molecule has 0 amide bonds. The van der Waals surface area contributed by atoms with Crippen molar-refractivity contribution in [3.63, 3.8) is 0 Å². The van der Waals surface area contributed by atoms with Gasteiger partial charge in [-0.05, 0) is 13.0 Å². The molecule has 1 aromatic heterocycles. The number of hydrogen-bond donors (Lipinski definition) is 2. The Bertz CT molecular complexity index is 436. The topological polar surface area (TPSA) is 91.2 Å². The van der Waals surface area contributed by atoms with Crippen LogP contribution in [0.5, 0.6) is 0 Å². The monoisotopic (exact) mass is 235 g/mol. The fourth-order valence-corrected chi connectivity index (χ4v) is 1.95. The molecular formula is C12H17N3O2. The number of ether oxygens (including phenoxy) is 1. The lowest BCUT2D eigenvalue weighted by atomic mass is 9.79. The Morgan fingerprint density at radius 1 is 1.71 bits per heavy atom. The number of ketones is 1. The fourth-order valence-electron chi connectivity index (χ4n) is 1.95. The van der Waals surface area contributed by atoms with Gasteiger partial charge < -0.3 is 16.2 Å². The molecule has 0 bridgehead atoms. The molecule has 17 heavy (non-hydrogen) atoms. The Hall–Kier alpha value is -1.46. The van der Waals surface area contributed by atoms with E-state index in [9.17, 15) is 4.79 Å². The smallest absolute Gasteiger partial charge is 0.147 e. The van der Waals surface area contributed by atoms with Gasteiger partial charge >= 0.3 is 0 Å². The second-order valence-corrected chi connectivity index (χ2v) is 4.69. The number of carbonyl (C=O) groups is 1. The summed E-state index contributed by atoms with van der Waals surface area (Å²) in [6.45, 7) is 2.66. The molecule has 0 aliphatic carbocycles. The summed E-state index contributed by atoms with van der Waals surface area (Å²) < 4.78 is 5.27. The molecule has 92 valence electrons. The largest absolute Gasteiger partial charge is 0.383 e. The Kier molecular flexibility index (Phi) is 3.13. The fraction of sp³-hybridized carbons (Fsp3) is 0.500. The summed E-state index contributed by atoms with van der Waals surface area (Å²) in [6.07, 6.45) is 1.86. The molecule has 0 saturated carbocycles. The van der Waals surface area contributed by atoms with Crippen LogP contribution in [-0.4, -0.2) is 30.0 Å². The molecular weight excluding hydrogens is 218 g/mol. The predicted octanol–water partition coefficient (Wildman–Crippen LogP) is 0.139. The number of carbonyl (C=O) groups excluding carboxylic acids is 1. The van der Waals surface area contributed by atoms with Crippen LogP contribution in [0.25, 0.3) is 0 Å². The Morgan fingerprint density at radius 2 is 2.47 bits per heavy atom. The normalized spacial score (nSPS) is 28.2. The lowest BCUT2D eigenvalue weighted by Crippen LogP contribution is -2.45. The van der Waals surface area contributed by atoms with E-state index in [0.29, 0.717) is 19.0 Å². The minimum absolute atomic E-state index is 0.0576. The van der Waals surface area contributed by atoms with Gasteiger partial charge in [0.05, 0.1) is 18.6 Å².